The van der Waals surface area contributed by atoms with Gasteiger partial charge in [-0.1, -0.05) is 0 Å². The largest absolute Gasteiger partial charge is 0.444 e. The van der Waals surface area contributed by atoms with Gasteiger partial charge in [0.15, 0.2) is 5.96 Å². The highest BCUT2D eigenvalue weighted by Gasteiger charge is 2.24. The van der Waals surface area contributed by atoms with Crippen LogP contribution in [0.25, 0.3) is 0 Å². The molecule has 0 aliphatic rings. The number of aromatic nitrogens is 1. The number of nitrogens with zero attached hydrogens (tertiary/aromatic N) is 2. The van der Waals surface area contributed by atoms with Gasteiger partial charge in [-0.3, -0.25) is 9.98 Å². The fraction of sp³-hybridized carbons (Fsp3) is 0.632. The van der Waals surface area contributed by atoms with E-state index in [4.69, 9.17) is 4.74 Å². The van der Waals surface area contributed by atoms with Gasteiger partial charge in [-0.05, 0) is 59.2 Å². The number of hydrogen-bond acceptors (Lipinski definition) is 5. The lowest BCUT2D eigenvalue weighted by Crippen LogP contribution is -2.49. The van der Waals surface area contributed by atoms with Crippen LogP contribution in [0.3, 0.4) is 0 Å². The minimum absolute atomic E-state index is 0.301. The number of aliphatic hydroxyl groups is 1. The van der Waals surface area contributed by atoms with E-state index >= 15 is 0 Å². The van der Waals surface area contributed by atoms with Crippen LogP contribution in [0.2, 0.25) is 0 Å². The van der Waals surface area contributed by atoms with E-state index in [1.807, 2.05) is 41.5 Å². The third kappa shape index (κ3) is 9.79. The lowest BCUT2D eigenvalue weighted by molar-refractivity contribution is 0.0476. The molecule has 0 aromatic carbocycles. The minimum Gasteiger partial charge on any atom is -0.444 e. The zero-order valence-electron chi connectivity index (χ0n) is 17.2. The summed E-state index contributed by atoms with van der Waals surface area (Å²) in [4.78, 5) is 20.4. The van der Waals surface area contributed by atoms with Crippen molar-refractivity contribution in [2.45, 2.75) is 58.8 Å². The molecule has 0 radical (unpaired) electrons. The van der Waals surface area contributed by atoms with E-state index in [2.05, 4.69) is 25.9 Å². The summed E-state index contributed by atoms with van der Waals surface area (Å²) in [6.07, 6.45) is 2.13. The molecule has 1 aromatic rings. The molecule has 1 heterocycles. The number of carbonyl (C=O) groups is 1. The average molecular weight is 380 g/mol. The van der Waals surface area contributed by atoms with E-state index in [1.165, 1.54) is 0 Å². The molecule has 0 saturated heterocycles. The molecule has 0 fully saturated rings. The summed E-state index contributed by atoms with van der Waals surface area (Å²) in [6.45, 7) is 12.5. The number of carbonyl (C=O) groups excluding carboxylic acids is 1. The maximum Gasteiger partial charge on any atom is 0.408 e. The Morgan fingerprint density at radius 1 is 1.22 bits per heavy atom. The predicted molar refractivity (Wildman–Crippen MR) is 107 cm³/mol. The first-order valence-electron chi connectivity index (χ1n) is 9.14. The number of amides is 1. The van der Waals surface area contributed by atoms with Crippen LogP contribution < -0.4 is 16.0 Å². The van der Waals surface area contributed by atoms with Crippen molar-refractivity contribution in [3.05, 3.63) is 30.1 Å². The molecule has 4 N–H and O–H groups in total. The lowest BCUT2D eigenvalue weighted by Gasteiger charge is -2.27. The molecule has 0 aliphatic heterocycles. The van der Waals surface area contributed by atoms with Gasteiger partial charge in [0, 0.05) is 25.5 Å². The number of ether oxygens (including phenoxy) is 1. The van der Waals surface area contributed by atoms with Crippen molar-refractivity contribution in [3.63, 3.8) is 0 Å². The Morgan fingerprint density at radius 3 is 2.41 bits per heavy atom. The highest BCUT2D eigenvalue weighted by atomic mass is 16.6. The van der Waals surface area contributed by atoms with Gasteiger partial charge in [0.05, 0.1) is 18.2 Å². The number of aliphatic imine (C=N–C) groups is 1. The van der Waals surface area contributed by atoms with Gasteiger partial charge in [-0.2, -0.15) is 0 Å². The Labute approximate surface area is 161 Å². The Balaban J connectivity index is 2.62. The fourth-order valence-corrected chi connectivity index (χ4v) is 2.13. The first-order valence-corrected chi connectivity index (χ1v) is 9.14. The van der Waals surface area contributed by atoms with Crippen LogP contribution in [0.1, 0.15) is 53.2 Å². The standard InChI is InChI=1S/C19H33N5O3/c1-7-21-16(22-12-15(25)14-8-10-20-11-9-14)23-13-19(5,6)24-17(26)27-18(2,3)4/h8-11,15,25H,7,12-13H2,1-6H3,(H,24,26)(H2,21,22,23). The number of guanidine groups is 1. The number of alkyl carbamates (subject to hydrolysis) is 1. The smallest absolute Gasteiger partial charge is 0.408 e. The van der Waals surface area contributed by atoms with E-state index in [-0.39, 0.29) is 0 Å². The molecular formula is C19H33N5O3. The number of aliphatic hydroxyl groups excluding tert-OH is 1. The molecule has 1 unspecified atom stereocenters. The second-order valence-electron chi connectivity index (χ2n) is 7.88. The molecule has 0 bridgehead atoms. The number of rotatable bonds is 7. The van der Waals surface area contributed by atoms with Gasteiger partial charge < -0.3 is 25.8 Å². The Bertz CT molecular complexity index is 612. The summed E-state index contributed by atoms with van der Waals surface area (Å²) >= 11 is 0. The van der Waals surface area contributed by atoms with Gasteiger partial charge >= 0.3 is 6.09 Å². The number of nitrogens with one attached hydrogen (secondary N) is 3. The average Bonchev–Trinajstić information content (AvgIpc) is 2.55. The Hall–Kier alpha value is -2.35. The van der Waals surface area contributed by atoms with E-state index in [1.54, 1.807) is 24.5 Å². The van der Waals surface area contributed by atoms with Crippen LogP contribution in [0.15, 0.2) is 29.5 Å². The maximum absolute atomic E-state index is 12.0. The predicted octanol–water partition coefficient (Wildman–Crippen LogP) is 1.97. The van der Waals surface area contributed by atoms with E-state index in [9.17, 15) is 9.90 Å². The van der Waals surface area contributed by atoms with Gasteiger partial charge in [0.2, 0.25) is 0 Å². The molecule has 152 valence electrons. The molecule has 8 heteroatoms. The van der Waals surface area contributed by atoms with Crippen LogP contribution >= 0.6 is 0 Å². The zero-order valence-corrected chi connectivity index (χ0v) is 17.2. The molecule has 1 rings (SSSR count). The molecule has 0 saturated carbocycles. The zero-order chi connectivity index (χ0) is 20.5. The van der Waals surface area contributed by atoms with Crippen LogP contribution in [0, 0.1) is 0 Å². The van der Waals surface area contributed by atoms with E-state index in [0.717, 1.165) is 5.56 Å². The summed E-state index contributed by atoms with van der Waals surface area (Å²) in [5.41, 5.74) is -0.363. The normalized spacial score (nSPS) is 13.7. The highest BCUT2D eigenvalue weighted by Crippen LogP contribution is 2.11. The summed E-state index contributed by atoms with van der Waals surface area (Å²) in [7, 11) is 0. The molecular weight excluding hydrogens is 346 g/mol. The van der Waals surface area contributed by atoms with Gasteiger partial charge in [0.25, 0.3) is 0 Å². The third-order valence-electron chi connectivity index (χ3n) is 3.37. The van der Waals surface area contributed by atoms with Gasteiger partial charge in [-0.15, -0.1) is 0 Å². The first-order chi connectivity index (χ1) is 12.5. The van der Waals surface area contributed by atoms with Crippen molar-refractivity contribution in [3.8, 4) is 0 Å². The van der Waals surface area contributed by atoms with Crippen molar-refractivity contribution >= 4 is 12.1 Å². The van der Waals surface area contributed by atoms with Crippen molar-refractivity contribution in [2.24, 2.45) is 4.99 Å². The summed E-state index contributed by atoms with van der Waals surface area (Å²) < 4.78 is 5.29. The maximum atomic E-state index is 12.0. The van der Waals surface area contributed by atoms with Crippen molar-refractivity contribution in [2.75, 3.05) is 19.6 Å². The molecule has 1 atom stereocenters. The molecule has 0 spiro atoms. The van der Waals surface area contributed by atoms with Gasteiger partial charge in [-0.25, -0.2) is 4.79 Å². The Morgan fingerprint density at radius 2 is 1.85 bits per heavy atom. The summed E-state index contributed by atoms with van der Waals surface area (Å²) in [6, 6.07) is 3.54. The van der Waals surface area contributed by atoms with Gasteiger partial charge in [0.1, 0.15) is 5.60 Å². The second kappa shape index (κ2) is 10.1. The fourth-order valence-electron chi connectivity index (χ4n) is 2.13. The minimum atomic E-state index is -0.676. The summed E-state index contributed by atoms with van der Waals surface area (Å²) in [5, 5.41) is 19.3. The van der Waals surface area contributed by atoms with Crippen molar-refractivity contribution < 1.29 is 14.6 Å². The molecule has 27 heavy (non-hydrogen) atoms. The quantitative estimate of drug-likeness (QED) is 0.426. The van der Waals surface area contributed by atoms with Crippen molar-refractivity contribution in [1.82, 2.24) is 20.9 Å². The highest BCUT2D eigenvalue weighted by molar-refractivity contribution is 5.80. The lowest BCUT2D eigenvalue weighted by atomic mass is 10.1. The third-order valence-corrected chi connectivity index (χ3v) is 3.37. The van der Waals surface area contributed by atoms with Crippen molar-refractivity contribution in [1.29, 1.82) is 0 Å². The number of hydrogen-bond donors (Lipinski definition) is 4. The van der Waals surface area contributed by atoms with E-state index < -0.39 is 23.3 Å². The van der Waals surface area contributed by atoms with Crippen LogP contribution in [-0.2, 0) is 4.74 Å². The van der Waals surface area contributed by atoms with E-state index in [0.29, 0.717) is 25.6 Å². The monoisotopic (exact) mass is 379 g/mol. The molecule has 1 amide bonds. The number of pyridine rings is 1. The topological polar surface area (TPSA) is 108 Å². The van der Waals surface area contributed by atoms with Crippen LogP contribution in [0.5, 0.6) is 0 Å². The first kappa shape index (κ1) is 22.7. The van der Waals surface area contributed by atoms with Crippen LogP contribution in [-0.4, -0.2) is 52.9 Å². The Kier molecular flexibility index (Phi) is 8.49. The molecule has 8 nitrogen and oxygen atoms in total. The second-order valence-corrected chi connectivity index (χ2v) is 7.88. The molecule has 1 aromatic heterocycles. The molecule has 0 aliphatic carbocycles. The van der Waals surface area contributed by atoms with Crippen LogP contribution in [0.4, 0.5) is 4.79 Å². The summed E-state index contributed by atoms with van der Waals surface area (Å²) in [5.74, 6) is 0.560. The SMILES string of the molecule is CCNC(=NCC(C)(C)NC(=O)OC(C)(C)C)NCC(O)c1ccncc1.